The summed E-state index contributed by atoms with van der Waals surface area (Å²) in [5.41, 5.74) is 0.510. The van der Waals surface area contributed by atoms with Gasteiger partial charge in [-0.2, -0.15) is 0 Å². The van der Waals surface area contributed by atoms with Crippen LogP contribution in [0.3, 0.4) is 0 Å². The molecule has 2 rings (SSSR count). The Labute approximate surface area is 153 Å². The normalized spacial score (nSPS) is 10.5. The third-order valence-corrected chi connectivity index (χ3v) is 3.86. The van der Waals surface area contributed by atoms with Crippen LogP contribution in [0.1, 0.15) is 0 Å². The molecule has 0 spiro atoms. The summed E-state index contributed by atoms with van der Waals surface area (Å²) in [4.78, 5) is 23.9. The van der Waals surface area contributed by atoms with Gasteiger partial charge in [0.05, 0.1) is 11.5 Å². The maximum atomic E-state index is 12.0. The topological polar surface area (TPSA) is 84.7 Å². The fraction of sp³-hybridized carbons (Fsp3) is 0.235. The second kappa shape index (κ2) is 9.14. The lowest BCUT2D eigenvalue weighted by Gasteiger charge is -2.16. The molecular formula is C17H18BrN3O4. The number of likely N-dealkylation sites (N-methyl/N-ethyl adjacent to an activating group) is 1. The van der Waals surface area contributed by atoms with E-state index in [4.69, 9.17) is 4.74 Å². The number of nitrogens with zero attached hydrogens (tertiary/aromatic N) is 2. The third kappa shape index (κ3) is 6.52. The van der Waals surface area contributed by atoms with Crippen molar-refractivity contribution >= 4 is 33.2 Å². The number of ether oxygens (including phenoxy) is 1. The summed E-state index contributed by atoms with van der Waals surface area (Å²) in [6, 6.07) is 13.3. The number of carbonyl (C=O) groups excluding carboxylic acids is 1. The van der Waals surface area contributed by atoms with E-state index < -0.39 is 4.92 Å². The molecule has 0 unspecified atom stereocenters. The average molecular weight is 408 g/mol. The highest BCUT2D eigenvalue weighted by atomic mass is 79.9. The highest BCUT2D eigenvalue weighted by molar-refractivity contribution is 9.10. The van der Waals surface area contributed by atoms with Gasteiger partial charge in [-0.3, -0.25) is 19.8 Å². The standard InChI is InChI=1S/C17H18BrN3O4/c1-20(10-11-25-16-8-2-13(18)3-9-16)12-17(22)19-14-4-6-15(7-5-14)21(23)24/h2-9H,10-12H2,1H3,(H,19,22). The molecule has 0 fully saturated rings. The largest absolute Gasteiger partial charge is 0.492 e. The van der Waals surface area contributed by atoms with E-state index in [0.717, 1.165) is 10.2 Å². The fourth-order valence-electron chi connectivity index (χ4n) is 2.04. The molecule has 7 nitrogen and oxygen atoms in total. The molecule has 0 aromatic heterocycles. The second-order valence-corrected chi connectivity index (χ2v) is 6.31. The molecule has 1 N–H and O–H groups in total. The number of anilines is 1. The minimum absolute atomic E-state index is 0.0137. The fourth-order valence-corrected chi connectivity index (χ4v) is 2.31. The van der Waals surface area contributed by atoms with E-state index in [0.29, 0.717) is 18.8 Å². The zero-order valence-corrected chi connectivity index (χ0v) is 15.2. The van der Waals surface area contributed by atoms with Crippen LogP contribution >= 0.6 is 15.9 Å². The number of rotatable bonds is 8. The molecule has 0 saturated carbocycles. The minimum Gasteiger partial charge on any atom is -0.492 e. The summed E-state index contributed by atoms with van der Waals surface area (Å²) >= 11 is 3.36. The van der Waals surface area contributed by atoms with Crippen LogP contribution in [0, 0.1) is 10.1 Å². The van der Waals surface area contributed by atoms with Crippen LogP contribution in [-0.2, 0) is 4.79 Å². The average Bonchev–Trinajstić information content (AvgIpc) is 2.57. The Morgan fingerprint density at radius 3 is 2.44 bits per heavy atom. The summed E-state index contributed by atoms with van der Waals surface area (Å²) in [7, 11) is 1.82. The maximum Gasteiger partial charge on any atom is 0.269 e. The number of nitro benzene ring substituents is 1. The maximum absolute atomic E-state index is 12.0. The first-order valence-corrected chi connectivity index (χ1v) is 8.34. The lowest BCUT2D eigenvalue weighted by atomic mass is 10.3. The molecule has 0 radical (unpaired) electrons. The number of hydrogen-bond acceptors (Lipinski definition) is 5. The smallest absolute Gasteiger partial charge is 0.269 e. The van der Waals surface area contributed by atoms with Crippen LogP contribution in [0.25, 0.3) is 0 Å². The molecule has 0 aliphatic rings. The Hall–Kier alpha value is -2.45. The minimum atomic E-state index is -0.481. The number of nitrogens with one attached hydrogen (secondary N) is 1. The van der Waals surface area contributed by atoms with Crippen LogP contribution in [0.15, 0.2) is 53.0 Å². The first-order chi connectivity index (χ1) is 11.9. The van der Waals surface area contributed by atoms with Crippen molar-refractivity contribution in [3.8, 4) is 5.75 Å². The first kappa shape index (κ1) is 18.9. The van der Waals surface area contributed by atoms with E-state index in [9.17, 15) is 14.9 Å². The van der Waals surface area contributed by atoms with Gasteiger partial charge >= 0.3 is 0 Å². The Bertz CT molecular complexity index is 720. The van der Waals surface area contributed by atoms with Crippen LogP contribution in [0.2, 0.25) is 0 Å². The summed E-state index contributed by atoms with van der Waals surface area (Å²) in [6.45, 7) is 1.24. The van der Waals surface area contributed by atoms with Crippen LogP contribution < -0.4 is 10.1 Å². The van der Waals surface area contributed by atoms with Gasteiger partial charge in [0.1, 0.15) is 12.4 Å². The van der Waals surface area contributed by atoms with Crippen molar-refractivity contribution in [2.24, 2.45) is 0 Å². The molecule has 0 saturated heterocycles. The molecule has 0 aliphatic heterocycles. The molecule has 132 valence electrons. The van der Waals surface area contributed by atoms with E-state index in [1.165, 1.54) is 24.3 Å². The summed E-state index contributed by atoms with van der Waals surface area (Å²) < 4.78 is 6.60. The number of carbonyl (C=O) groups is 1. The Morgan fingerprint density at radius 1 is 1.20 bits per heavy atom. The molecular weight excluding hydrogens is 390 g/mol. The van der Waals surface area contributed by atoms with Crippen molar-refractivity contribution < 1.29 is 14.5 Å². The van der Waals surface area contributed by atoms with Crippen molar-refractivity contribution in [3.63, 3.8) is 0 Å². The van der Waals surface area contributed by atoms with Gasteiger partial charge in [-0.15, -0.1) is 0 Å². The third-order valence-electron chi connectivity index (χ3n) is 3.33. The van der Waals surface area contributed by atoms with Crippen LogP contribution in [-0.4, -0.2) is 42.5 Å². The number of amides is 1. The monoisotopic (exact) mass is 407 g/mol. The summed E-state index contributed by atoms with van der Waals surface area (Å²) in [6.07, 6.45) is 0. The molecule has 0 atom stereocenters. The zero-order chi connectivity index (χ0) is 18.2. The van der Waals surface area contributed by atoms with Crippen molar-refractivity contribution in [2.75, 3.05) is 32.1 Å². The molecule has 8 heteroatoms. The van der Waals surface area contributed by atoms with Crippen LogP contribution in [0.5, 0.6) is 5.75 Å². The summed E-state index contributed by atoms with van der Waals surface area (Å²) in [5, 5.41) is 13.3. The van der Waals surface area contributed by atoms with Crippen LogP contribution in [0.4, 0.5) is 11.4 Å². The summed E-state index contributed by atoms with van der Waals surface area (Å²) in [5.74, 6) is 0.576. The SMILES string of the molecule is CN(CCOc1ccc(Br)cc1)CC(=O)Nc1ccc([N+](=O)[O-])cc1. The first-order valence-electron chi connectivity index (χ1n) is 7.55. The van der Waals surface area contributed by atoms with Crippen molar-refractivity contribution in [1.82, 2.24) is 4.90 Å². The number of non-ortho nitro benzene ring substituents is 1. The molecule has 0 bridgehead atoms. The van der Waals surface area contributed by atoms with Crippen molar-refractivity contribution in [2.45, 2.75) is 0 Å². The van der Waals surface area contributed by atoms with Crippen molar-refractivity contribution in [3.05, 3.63) is 63.1 Å². The second-order valence-electron chi connectivity index (χ2n) is 5.39. The van der Waals surface area contributed by atoms with E-state index in [1.807, 2.05) is 36.2 Å². The molecule has 0 aliphatic carbocycles. The zero-order valence-electron chi connectivity index (χ0n) is 13.6. The van der Waals surface area contributed by atoms with Gasteiger partial charge in [0.2, 0.25) is 5.91 Å². The van der Waals surface area contributed by atoms with Gasteiger partial charge in [-0.25, -0.2) is 0 Å². The van der Waals surface area contributed by atoms with E-state index in [1.54, 1.807) is 0 Å². The van der Waals surface area contributed by atoms with Gasteiger partial charge in [-0.1, -0.05) is 15.9 Å². The van der Waals surface area contributed by atoms with Crippen molar-refractivity contribution in [1.29, 1.82) is 0 Å². The van der Waals surface area contributed by atoms with Gasteiger partial charge < -0.3 is 10.1 Å². The molecule has 25 heavy (non-hydrogen) atoms. The molecule has 1 amide bonds. The van der Waals surface area contributed by atoms with Gasteiger partial charge in [0, 0.05) is 28.8 Å². The van der Waals surface area contributed by atoms with E-state index in [2.05, 4.69) is 21.2 Å². The number of halogens is 1. The number of hydrogen-bond donors (Lipinski definition) is 1. The molecule has 2 aromatic carbocycles. The number of nitro groups is 1. The Morgan fingerprint density at radius 2 is 1.84 bits per heavy atom. The Balaban J connectivity index is 1.72. The highest BCUT2D eigenvalue weighted by Gasteiger charge is 2.09. The molecule has 0 heterocycles. The lowest BCUT2D eigenvalue weighted by Crippen LogP contribution is -2.33. The predicted molar refractivity (Wildman–Crippen MR) is 98.9 cm³/mol. The number of benzene rings is 2. The Kier molecular flexibility index (Phi) is 6.91. The quantitative estimate of drug-likeness (QED) is 0.535. The lowest BCUT2D eigenvalue weighted by molar-refractivity contribution is -0.384. The van der Waals surface area contributed by atoms with Gasteiger partial charge in [0.25, 0.3) is 5.69 Å². The highest BCUT2D eigenvalue weighted by Crippen LogP contribution is 2.16. The van der Waals surface area contributed by atoms with E-state index >= 15 is 0 Å². The predicted octanol–water partition coefficient (Wildman–Crippen LogP) is 3.31. The molecule has 2 aromatic rings. The van der Waals surface area contributed by atoms with Gasteiger partial charge in [-0.05, 0) is 43.4 Å². The van der Waals surface area contributed by atoms with Gasteiger partial charge in [0.15, 0.2) is 0 Å². The van der Waals surface area contributed by atoms with E-state index in [-0.39, 0.29) is 18.1 Å².